The maximum atomic E-state index is 12.1. The van der Waals surface area contributed by atoms with Gasteiger partial charge in [0.2, 0.25) is 11.1 Å². The molecule has 8 heteroatoms. The molecule has 26 heavy (non-hydrogen) atoms. The van der Waals surface area contributed by atoms with Crippen LogP contribution in [0.15, 0.2) is 29.4 Å². The normalized spacial score (nSPS) is 15.0. The molecule has 0 radical (unpaired) electrons. The van der Waals surface area contributed by atoms with Gasteiger partial charge in [-0.2, -0.15) is 0 Å². The molecule has 2 aromatic rings. The van der Waals surface area contributed by atoms with E-state index in [1.807, 2.05) is 24.3 Å². The standard InChI is InChI=1S/C18H25N5O2S/c1-25-16-9-7-14(8-10-16)13-23-18(20-21-22-23)26-12-11-17(24)19-15-5-3-2-4-6-15/h7-10,15H,2-6,11-13H2,1H3,(H,19,24). The molecule has 1 aliphatic rings. The Bertz CT molecular complexity index is 698. The summed E-state index contributed by atoms with van der Waals surface area (Å²) in [6.07, 6.45) is 6.44. The second-order valence-corrected chi connectivity index (χ2v) is 7.53. The summed E-state index contributed by atoms with van der Waals surface area (Å²) in [5.41, 5.74) is 1.09. The topological polar surface area (TPSA) is 81.9 Å². The van der Waals surface area contributed by atoms with E-state index in [4.69, 9.17) is 4.74 Å². The summed E-state index contributed by atoms with van der Waals surface area (Å²) < 4.78 is 6.92. The van der Waals surface area contributed by atoms with Gasteiger partial charge in [0.25, 0.3) is 0 Å². The minimum absolute atomic E-state index is 0.124. The van der Waals surface area contributed by atoms with Crippen molar-refractivity contribution in [3.05, 3.63) is 29.8 Å². The molecule has 1 amide bonds. The van der Waals surface area contributed by atoms with Crippen LogP contribution in [0.3, 0.4) is 0 Å². The Labute approximate surface area is 157 Å². The highest BCUT2D eigenvalue weighted by molar-refractivity contribution is 7.99. The molecule has 0 unspecified atom stereocenters. The number of thioether (sulfide) groups is 1. The van der Waals surface area contributed by atoms with Crippen LogP contribution < -0.4 is 10.1 Å². The maximum absolute atomic E-state index is 12.1. The van der Waals surface area contributed by atoms with E-state index in [1.165, 1.54) is 31.0 Å². The number of tetrazole rings is 1. The van der Waals surface area contributed by atoms with Gasteiger partial charge in [-0.3, -0.25) is 4.79 Å². The summed E-state index contributed by atoms with van der Waals surface area (Å²) in [7, 11) is 1.65. The zero-order chi connectivity index (χ0) is 18.2. The lowest BCUT2D eigenvalue weighted by Gasteiger charge is -2.22. The minimum Gasteiger partial charge on any atom is -0.497 e. The molecule has 1 saturated carbocycles. The highest BCUT2D eigenvalue weighted by Gasteiger charge is 2.16. The van der Waals surface area contributed by atoms with Crippen molar-refractivity contribution in [2.75, 3.05) is 12.9 Å². The highest BCUT2D eigenvalue weighted by Crippen LogP contribution is 2.19. The summed E-state index contributed by atoms with van der Waals surface area (Å²) in [5.74, 6) is 1.62. The van der Waals surface area contributed by atoms with E-state index >= 15 is 0 Å². The Morgan fingerprint density at radius 1 is 1.27 bits per heavy atom. The number of methoxy groups -OCH3 is 1. The van der Waals surface area contributed by atoms with E-state index in [-0.39, 0.29) is 5.91 Å². The first-order valence-corrected chi connectivity index (χ1v) is 10.0. The van der Waals surface area contributed by atoms with Gasteiger partial charge in [0.15, 0.2) is 0 Å². The Morgan fingerprint density at radius 2 is 2.04 bits per heavy atom. The van der Waals surface area contributed by atoms with Gasteiger partial charge in [0.1, 0.15) is 5.75 Å². The summed E-state index contributed by atoms with van der Waals surface area (Å²) in [6, 6.07) is 8.19. The van der Waals surface area contributed by atoms with Crippen LogP contribution in [0.5, 0.6) is 5.75 Å². The highest BCUT2D eigenvalue weighted by atomic mass is 32.2. The van der Waals surface area contributed by atoms with Crippen molar-refractivity contribution in [1.82, 2.24) is 25.5 Å². The second kappa shape index (κ2) is 9.56. The largest absolute Gasteiger partial charge is 0.497 e. The SMILES string of the molecule is COc1ccc(Cn2nnnc2SCCC(=O)NC2CCCCC2)cc1. The van der Waals surface area contributed by atoms with Gasteiger partial charge in [-0.25, -0.2) is 4.68 Å². The monoisotopic (exact) mass is 375 g/mol. The molecule has 1 aromatic heterocycles. The Kier molecular flexibility index (Phi) is 6.88. The van der Waals surface area contributed by atoms with Crippen LogP contribution in [0, 0.1) is 0 Å². The fourth-order valence-corrected chi connectivity index (χ4v) is 3.90. The molecule has 0 saturated heterocycles. The van der Waals surface area contributed by atoms with E-state index in [1.54, 1.807) is 11.8 Å². The number of amides is 1. The van der Waals surface area contributed by atoms with Crippen LogP contribution in [0.4, 0.5) is 0 Å². The predicted octanol–water partition coefficient (Wildman–Crippen LogP) is 2.66. The summed E-state index contributed by atoms with van der Waals surface area (Å²) >= 11 is 1.51. The molecule has 1 heterocycles. The van der Waals surface area contributed by atoms with E-state index in [0.29, 0.717) is 24.8 Å². The van der Waals surface area contributed by atoms with Gasteiger partial charge < -0.3 is 10.1 Å². The first-order chi connectivity index (χ1) is 12.7. The third-order valence-electron chi connectivity index (χ3n) is 4.52. The fraction of sp³-hybridized carbons (Fsp3) is 0.556. The van der Waals surface area contributed by atoms with Gasteiger partial charge in [0, 0.05) is 18.2 Å². The third kappa shape index (κ3) is 5.45. The fourth-order valence-electron chi connectivity index (χ4n) is 3.08. The van der Waals surface area contributed by atoms with Gasteiger partial charge >= 0.3 is 0 Å². The first-order valence-electron chi connectivity index (χ1n) is 9.06. The Balaban J connectivity index is 1.45. The van der Waals surface area contributed by atoms with Crippen molar-refractivity contribution in [3.8, 4) is 5.75 Å². The van der Waals surface area contributed by atoms with Crippen molar-refractivity contribution in [2.45, 2.75) is 56.3 Å². The summed E-state index contributed by atoms with van der Waals surface area (Å²) in [6.45, 7) is 0.591. The number of nitrogens with zero attached hydrogens (tertiary/aromatic N) is 4. The Morgan fingerprint density at radius 3 is 2.77 bits per heavy atom. The summed E-state index contributed by atoms with van der Waals surface area (Å²) in [5, 5.41) is 15.7. The quantitative estimate of drug-likeness (QED) is 0.715. The summed E-state index contributed by atoms with van der Waals surface area (Å²) in [4.78, 5) is 12.1. The van der Waals surface area contributed by atoms with E-state index in [0.717, 1.165) is 29.3 Å². The van der Waals surface area contributed by atoms with Gasteiger partial charge in [-0.1, -0.05) is 43.2 Å². The van der Waals surface area contributed by atoms with Crippen LogP contribution >= 0.6 is 11.8 Å². The lowest BCUT2D eigenvalue weighted by molar-refractivity contribution is -0.121. The molecule has 1 fully saturated rings. The van der Waals surface area contributed by atoms with Gasteiger partial charge in [0.05, 0.1) is 13.7 Å². The number of ether oxygens (including phenoxy) is 1. The molecule has 0 spiro atoms. The molecule has 7 nitrogen and oxygen atoms in total. The van der Waals surface area contributed by atoms with E-state index in [2.05, 4.69) is 20.8 Å². The number of carbonyl (C=O) groups excluding carboxylic acids is 1. The number of rotatable bonds is 8. The molecular weight excluding hydrogens is 350 g/mol. The number of carbonyl (C=O) groups is 1. The number of aromatic nitrogens is 4. The van der Waals surface area contributed by atoms with E-state index < -0.39 is 0 Å². The number of hydrogen-bond donors (Lipinski definition) is 1. The lowest BCUT2D eigenvalue weighted by Crippen LogP contribution is -2.36. The van der Waals surface area contributed by atoms with Crippen molar-refractivity contribution in [1.29, 1.82) is 0 Å². The van der Waals surface area contributed by atoms with Crippen LogP contribution in [0.2, 0.25) is 0 Å². The second-order valence-electron chi connectivity index (χ2n) is 6.47. The van der Waals surface area contributed by atoms with Gasteiger partial charge in [-0.05, 0) is 41.0 Å². The predicted molar refractivity (Wildman–Crippen MR) is 100 cm³/mol. The van der Waals surface area contributed by atoms with E-state index in [9.17, 15) is 4.79 Å². The van der Waals surface area contributed by atoms with Crippen LogP contribution in [-0.2, 0) is 11.3 Å². The third-order valence-corrected chi connectivity index (χ3v) is 5.48. The van der Waals surface area contributed by atoms with Crippen molar-refractivity contribution in [2.24, 2.45) is 0 Å². The van der Waals surface area contributed by atoms with Gasteiger partial charge in [-0.15, -0.1) is 5.10 Å². The molecule has 1 aliphatic carbocycles. The molecule has 0 aliphatic heterocycles. The zero-order valence-corrected chi connectivity index (χ0v) is 15.9. The molecule has 140 valence electrons. The van der Waals surface area contributed by atoms with Crippen molar-refractivity contribution in [3.63, 3.8) is 0 Å². The number of hydrogen-bond acceptors (Lipinski definition) is 6. The maximum Gasteiger partial charge on any atom is 0.221 e. The van der Waals surface area contributed by atoms with Crippen LogP contribution in [0.25, 0.3) is 0 Å². The molecule has 3 rings (SSSR count). The smallest absolute Gasteiger partial charge is 0.221 e. The zero-order valence-electron chi connectivity index (χ0n) is 15.1. The molecular formula is C18H25N5O2S. The van der Waals surface area contributed by atoms with Crippen LogP contribution in [-0.4, -0.2) is 45.0 Å². The van der Waals surface area contributed by atoms with Crippen molar-refractivity contribution >= 4 is 17.7 Å². The molecule has 1 N–H and O–H groups in total. The number of nitrogens with one attached hydrogen (secondary N) is 1. The first kappa shape index (κ1) is 18.7. The van der Waals surface area contributed by atoms with Crippen LogP contribution in [0.1, 0.15) is 44.1 Å². The minimum atomic E-state index is 0.124. The number of benzene rings is 1. The molecule has 0 bridgehead atoms. The average molecular weight is 375 g/mol. The molecule has 1 aromatic carbocycles. The van der Waals surface area contributed by atoms with Crippen molar-refractivity contribution < 1.29 is 9.53 Å². The Hall–Kier alpha value is -2.09. The average Bonchev–Trinajstić information content (AvgIpc) is 3.10. The molecule has 0 atom stereocenters. The lowest BCUT2D eigenvalue weighted by atomic mass is 9.95.